The Morgan fingerprint density at radius 1 is 0.833 bits per heavy atom. The Labute approximate surface area is 180 Å². The van der Waals surface area contributed by atoms with Gasteiger partial charge in [-0.05, 0) is 61.2 Å². The molecule has 150 valence electrons. The maximum absolute atomic E-state index is 13.5. The van der Waals surface area contributed by atoms with Gasteiger partial charge in [-0.2, -0.15) is 0 Å². The lowest BCUT2D eigenvalue weighted by molar-refractivity contribution is -0.120. The van der Waals surface area contributed by atoms with Gasteiger partial charge in [-0.1, -0.05) is 60.1 Å². The van der Waals surface area contributed by atoms with E-state index in [0.29, 0.717) is 27.5 Å². The first-order valence-corrected chi connectivity index (χ1v) is 10.0. The van der Waals surface area contributed by atoms with E-state index in [0.717, 1.165) is 16.7 Å². The number of amides is 2. The number of anilines is 2. The molecule has 0 aromatic heterocycles. The number of nitrogens with one attached hydrogen (secondary N) is 1. The first kappa shape index (κ1) is 19.9. The van der Waals surface area contributed by atoms with Gasteiger partial charge in [0, 0.05) is 10.7 Å². The first-order valence-electron chi connectivity index (χ1n) is 9.66. The van der Waals surface area contributed by atoms with Crippen molar-refractivity contribution in [1.82, 2.24) is 0 Å². The fourth-order valence-electron chi connectivity index (χ4n) is 3.57. The van der Waals surface area contributed by atoms with Gasteiger partial charge in [0.25, 0.3) is 11.8 Å². The summed E-state index contributed by atoms with van der Waals surface area (Å²) in [6.07, 6.45) is 0. The Morgan fingerprint density at radius 2 is 1.57 bits per heavy atom. The van der Waals surface area contributed by atoms with E-state index in [9.17, 15) is 9.59 Å². The van der Waals surface area contributed by atoms with Gasteiger partial charge in [0.15, 0.2) is 0 Å². The zero-order valence-electron chi connectivity index (χ0n) is 17.0. The molecule has 5 heteroatoms. The summed E-state index contributed by atoms with van der Waals surface area (Å²) in [5, 5.41) is 3.78. The van der Waals surface area contributed by atoms with Crippen molar-refractivity contribution in [2.45, 2.75) is 20.8 Å². The van der Waals surface area contributed by atoms with Crippen molar-refractivity contribution in [3.8, 4) is 0 Å². The number of imide groups is 1. The molecule has 1 aliphatic rings. The highest BCUT2D eigenvalue weighted by Gasteiger charge is 2.41. The molecule has 1 aliphatic heterocycles. The quantitative estimate of drug-likeness (QED) is 0.558. The predicted molar refractivity (Wildman–Crippen MR) is 122 cm³/mol. The van der Waals surface area contributed by atoms with E-state index in [2.05, 4.69) is 5.32 Å². The lowest BCUT2D eigenvalue weighted by Crippen LogP contribution is -2.33. The molecule has 0 fully saturated rings. The van der Waals surface area contributed by atoms with Gasteiger partial charge in [-0.25, -0.2) is 4.90 Å². The van der Waals surface area contributed by atoms with Crippen LogP contribution in [-0.4, -0.2) is 11.8 Å². The number of carbonyl (C=O) groups excluding carboxylic acids is 2. The summed E-state index contributed by atoms with van der Waals surface area (Å²) in [6.45, 7) is 5.70. The van der Waals surface area contributed by atoms with Crippen LogP contribution in [0.2, 0.25) is 5.02 Å². The van der Waals surface area contributed by atoms with E-state index in [1.54, 1.807) is 6.07 Å². The smallest absolute Gasteiger partial charge is 0.282 e. The molecule has 30 heavy (non-hydrogen) atoms. The Bertz CT molecular complexity index is 1200. The van der Waals surface area contributed by atoms with Crippen molar-refractivity contribution >= 4 is 40.4 Å². The number of carbonyl (C=O) groups is 2. The van der Waals surface area contributed by atoms with Crippen LogP contribution in [0.4, 0.5) is 11.4 Å². The van der Waals surface area contributed by atoms with Gasteiger partial charge in [-0.3, -0.25) is 9.59 Å². The van der Waals surface area contributed by atoms with Crippen LogP contribution in [0.3, 0.4) is 0 Å². The summed E-state index contributed by atoms with van der Waals surface area (Å²) in [4.78, 5) is 28.3. The van der Waals surface area contributed by atoms with Gasteiger partial charge in [0.1, 0.15) is 5.70 Å². The van der Waals surface area contributed by atoms with E-state index in [4.69, 9.17) is 11.6 Å². The highest BCUT2D eigenvalue weighted by atomic mass is 35.5. The molecule has 1 N–H and O–H groups in total. The van der Waals surface area contributed by atoms with Crippen LogP contribution < -0.4 is 10.2 Å². The molecule has 0 saturated heterocycles. The van der Waals surface area contributed by atoms with Crippen LogP contribution in [0, 0.1) is 20.8 Å². The van der Waals surface area contributed by atoms with Crippen molar-refractivity contribution in [2.75, 3.05) is 10.2 Å². The number of rotatable bonds is 4. The van der Waals surface area contributed by atoms with E-state index in [1.807, 2.05) is 81.4 Å². The second-order valence-corrected chi connectivity index (χ2v) is 7.80. The average Bonchev–Trinajstić information content (AvgIpc) is 2.97. The number of nitrogens with zero attached hydrogens (tertiary/aromatic N) is 1. The summed E-state index contributed by atoms with van der Waals surface area (Å²) in [5.41, 5.74) is 5.21. The van der Waals surface area contributed by atoms with Crippen molar-refractivity contribution in [1.29, 1.82) is 0 Å². The Balaban J connectivity index is 1.87. The van der Waals surface area contributed by atoms with E-state index in [1.165, 1.54) is 4.90 Å². The lowest BCUT2D eigenvalue weighted by atomic mass is 10.0. The third kappa shape index (κ3) is 3.40. The van der Waals surface area contributed by atoms with Crippen LogP contribution in [-0.2, 0) is 9.59 Å². The zero-order valence-corrected chi connectivity index (χ0v) is 17.7. The SMILES string of the molecule is Cc1ccc(C)c(N2C(=O)C(Nc3cccc(Cl)c3C)=C(c3ccccc3)C2=O)c1. The van der Waals surface area contributed by atoms with Crippen molar-refractivity contribution < 1.29 is 9.59 Å². The van der Waals surface area contributed by atoms with E-state index < -0.39 is 0 Å². The molecule has 4 rings (SSSR count). The van der Waals surface area contributed by atoms with Crippen LogP contribution in [0.5, 0.6) is 0 Å². The van der Waals surface area contributed by atoms with Gasteiger partial charge in [0.05, 0.1) is 11.3 Å². The van der Waals surface area contributed by atoms with Gasteiger partial charge >= 0.3 is 0 Å². The van der Waals surface area contributed by atoms with Gasteiger partial charge < -0.3 is 5.32 Å². The molecule has 4 nitrogen and oxygen atoms in total. The largest absolute Gasteiger partial charge is 0.350 e. The maximum Gasteiger partial charge on any atom is 0.282 e. The number of hydrogen-bond donors (Lipinski definition) is 1. The number of halogens is 1. The fraction of sp³-hybridized carbons (Fsp3) is 0.120. The van der Waals surface area contributed by atoms with E-state index in [-0.39, 0.29) is 17.5 Å². The van der Waals surface area contributed by atoms with Crippen LogP contribution >= 0.6 is 11.6 Å². The van der Waals surface area contributed by atoms with Crippen molar-refractivity contribution in [3.05, 3.63) is 99.7 Å². The minimum absolute atomic E-state index is 0.248. The maximum atomic E-state index is 13.5. The third-order valence-corrected chi connectivity index (χ3v) is 5.69. The summed E-state index contributed by atoms with van der Waals surface area (Å²) in [7, 11) is 0. The lowest BCUT2D eigenvalue weighted by Gasteiger charge is -2.18. The second-order valence-electron chi connectivity index (χ2n) is 7.39. The minimum Gasteiger partial charge on any atom is -0.350 e. The fourth-order valence-corrected chi connectivity index (χ4v) is 3.75. The molecule has 0 atom stereocenters. The number of aryl methyl sites for hydroxylation is 2. The molecule has 0 unspecified atom stereocenters. The number of hydrogen-bond acceptors (Lipinski definition) is 3. The Hall–Kier alpha value is -3.37. The molecule has 0 spiro atoms. The highest BCUT2D eigenvalue weighted by Crippen LogP contribution is 2.36. The normalized spacial score (nSPS) is 13.9. The van der Waals surface area contributed by atoms with E-state index >= 15 is 0 Å². The molecule has 2 amide bonds. The molecule has 0 bridgehead atoms. The second kappa shape index (κ2) is 7.81. The summed E-state index contributed by atoms with van der Waals surface area (Å²) in [6, 6.07) is 20.4. The molecular formula is C25H21ClN2O2. The topological polar surface area (TPSA) is 49.4 Å². The summed E-state index contributed by atoms with van der Waals surface area (Å²) in [5.74, 6) is -0.728. The van der Waals surface area contributed by atoms with Gasteiger partial charge in [-0.15, -0.1) is 0 Å². The Morgan fingerprint density at radius 3 is 2.30 bits per heavy atom. The molecule has 3 aromatic carbocycles. The van der Waals surface area contributed by atoms with Crippen molar-refractivity contribution in [3.63, 3.8) is 0 Å². The molecule has 0 radical (unpaired) electrons. The highest BCUT2D eigenvalue weighted by molar-refractivity contribution is 6.46. The first-order chi connectivity index (χ1) is 14.4. The predicted octanol–water partition coefficient (Wildman–Crippen LogP) is 5.66. The van der Waals surface area contributed by atoms with Crippen molar-refractivity contribution in [2.24, 2.45) is 0 Å². The zero-order chi connectivity index (χ0) is 21.4. The molecule has 1 heterocycles. The van der Waals surface area contributed by atoms with Crippen LogP contribution in [0.25, 0.3) is 5.57 Å². The molecule has 0 saturated carbocycles. The van der Waals surface area contributed by atoms with Gasteiger partial charge in [0.2, 0.25) is 0 Å². The summed E-state index contributed by atoms with van der Waals surface area (Å²) >= 11 is 6.26. The minimum atomic E-state index is -0.382. The average molecular weight is 417 g/mol. The monoisotopic (exact) mass is 416 g/mol. The Kier molecular flexibility index (Phi) is 5.18. The molecular weight excluding hydrogens is 396 g/mol. The standard InChI is InChI=1S/C25H21ClN2O2/c1-15-12-13-16(2)21(14-15)28-24(29)22(18-8-5-4-6-9-18)23(25(28)30)27-20-11-7-10-19(26)17(20)3/h4-14,27H,1-3H3. The van der Waals surface area contributed by atoms with Crippen LogP contribution in [0.15, 0.2) is 72.4 Å². The molecule has 0 aliphatic carbocycles. The van der Waals surface area contributed by atoms with Crippen LogP contribution in [0.1, 0.15) is 22.3 Å². The summed E-state index contributed by atoms with van der Waals surface area (Å²) < 4.78 is 0. The molecule has 3 aromatic rings. The number of benzene rings is 3. The third-order valence-electron chi connectivity index (χ3n) is 5.28.